The molecule has 1 aromatic carbocycles. The molecule has 0 aliphatic carbocycles. The van der Waals surface area contributed by atoms with Crippen molar-refractivity contribution in [3.8, 4) is 0 Å². The van der Waals surface area contributed by atoms with Crippen molar-refractivity contribution in [2.24, 2.45) is 5.73 Å². The number of hydrogen-bond acceptors (Lipinski definition) is 6. The normalized spacial score (nSPS) is 20.1. The number of nitrogens with two attached hydrogens (primary N) is 1. The van der Waals surface area contributed by atoms with Crippen LogP contribution in [0.3, 0.4) is 0 Å². The second kappa shape index (κ2) is 6.06. The molecule has 114 valence electrons. The topological polar surface area (TPSA) is 119 Å². The number of rotatable bonds is 4. The molecule has 0 bridgehead atoms. The third-order valence-electron chi connectivity index (χ3n) is 3.44. The molecule has 1 amide bonds. The average Bonchev–Trinajstić information content (AvgIpc) is 2.46. The van der Waals surface area contributed by atoms with Gasteiger partial charge in [0.25, 0.3) is 5.69 Å². The average molecular weight is 295 g/mol. The Bertz CT molecular complexity index is 561. The third-order valence-corrected chi connectivity index (χ3v) is 3.44. The molecule has 3 N–H and O–H groups in total. The Morgan fingerprint density at radius 1 is 1.62 bits per heavy atom. The molecule has 1 fully saturated rings. The molecule has 8 nitrogen and oxygen atoms in total. The monoisotopic (exact) mass is 295 g/mol. The lowest BCUT2D eigenvalue weighted by molar-refractivity contribution is -0.384. The number of hydrogen-bond donors (Lipinski definition) is 2. The molecule has 1 heterocycles. The van der Waals surface area contributed by atoms with Gasteiger partial charge >= 0.3 is 0 Å². The van der Waals surface area contributed by atoms with Gasteiger partial charge in [-0.05, 0) is 18.6 Å². The molecule has 1 unspecified atom stereocenters. The summed E-state index contributed by atoms with van der Waals surface area (Å²) < 4.78 is 5.21. The summed E-state index contributed by atoms with van der Waals surface area (Å²) in [5, 5.41) is 20.8. The van der Waals surface area contributed by atoms with Crippen molar-refractivity contribution >= 4 is 17.3 Å². The molecule has 0 saturated carbocycles. The number of nitro benzene ring substituents is 1. The van der Waals surface area contributed by atoms with Crippen molar-refractivity contribution in [3.63, 3.8) is 0 Å². The van der Waals surface area contributed by atoms with E-state index in [1.54, 1.807) is 11.0 Å². The van der Waals surface area contributed by atoms with Gasteiger partial charge in [0.2, 0.25) is 5.91 Å². The summed E-state index contributed by atoms with van der Waals surface area (Å²) in [6, 6.07) is 3.70. The fourth-order valence-corrected chi connectivity index (χ4v) is 2.32. The molecule has 8 heteroatoms. The molecule has 1 aromatic rings. The lowest BCUT2D eigenvalue weighted by Gasteiger charge is -2.35. The van der Waals surface area contributed by atoms with E-state index in [0.717, 1.165) is 0 Å². The number of aliphatic hydroxyl groups excluding tert-OH is 1. The molecule has 1 aliphatic heterocycles. The van der Waals surface area contributed by atoms with Crippen LogP contribution in [0, 0.1) is 10.1 Å². The van der Waals surface area contributed by atoms with Gasteiger partial charge in [-0.2, -0.15) is 0 Å². The molecule has 1 aliphatic rings. The molecular weight excluding hydrogens is 278 g/mol. The molecule has 0 spiro atoms. The van der Waals surface area contributed by atoms with Crippen molar-refractivity contribution in [3.05, 3.63) is 33.9 Å². The van der Waals surface area contributed by atoms with Crippen molar-refractivity contribution in [2.75, 3.05) is 24.7 Å². The summed E-state index contributed by atoms with van der Waals surface area (Å²) in [7, 11) is 0. The Balaban J connectivity index is 2.46. The van der Waals surface area contributed by atoms with Gasteiger partial charge in [0.05, 0.1) is 24.2 Å². The van der Waals surface area contributed by atoms with Gasteiger partial charge in [-0.1, -0.05) is 6.07 Å². The summed E-state index contributed by atoms with van der Waals surface area (Å²) in [5.41, 5.74) is 5.91. The quantitative estimate of drug-likeness (QED) is 0.610. The number of nitrogens with zero attached hydrogens (tertiary/aromatic N) is 2. The first kappa shape index (κ1) is 15.2. The highest BCUT2D eigenvalue weighted by molar-refractivity contribution is 5.85. The van der Waals surface area contributed by atoms with E-state index in [1.807, 2.05) is 0 Å². The third kappa shape index (κ3) is 3.11. The van der Waals surface area contributed by atoms with Crippen molar-refractivity contribution in [1.29, 1.82) is 0 Å². The van der Waals surface area contributed by atoms with Crippen LogP contribution in [0.4, 0.5) is 11.4 Å². The number of morpholine rings is 1. The molecule has 2 atom stereocenters. The van der Waals surface area contributed by atoms with Crippen molar-refractivity contribution in [1.82, 2.24) is 0 Å². The largest absolute Gasteiger partial charge is 0.389 e. The number of carbonyl (C=O) groups is 1. The maximum absolute atomic E-state index is 11.5. The standard InChI is InChI=1S/C13H17N3O5/c1-8(17)9-2-3-10(11(6-9)16(19)20)15-4-5-21-7-12(15)13(14)18/h2-3,6,8,12,17H,4-5,7H2,1H3,(H2,14,18)/t8-,12?/m0/s1. The van der Waals surface area contributed by atoms with Crippen LogP contribution in [0.2, 0.25) is 0 Å². The van der Waals surface area contributed by atoms with Gasteiger partial charge in [0.1, 0.15) is 11.7 Å². The van der Waals surface area contributed by atoms with Crippen LogP contribution in [0.15, 0.2) is 18.2 Å². The zero-order valence-electron chi connectivity index (χ0n) is 11.6. The smallest absolute Gasteiger partial charge is 0.292 e. The highest BCUT2D eigenvalue weighted by Gasteiger charge is 2.32. The molecule has 0 radical (unpaired) electrons. The van der Waals surface area contributed by atoms with Crippen LogP contribution in [0.5, 0.6) is 0 Å². The zero-order valence-corrected chi connectivity index (χ0v) is 11.6. The molecule has 2 rings (SSSR count). The van der Waals surface area contributed by atoms with E-state index in [-0.39, 0.29) is 12.3 Å². The number of aliphatic hydroxyl groups is 1. The molecule has 21 heavy (non-hydrogen) atoms. The first-order chi connectivity index (χ1) is 9.91. The number of primary amides is 1. The number of benzene rings is 1. The van der Waals surface area contributed by atoms with Crippen LogP contribution >= 0.6 is 0 Å². The van der Waals surface area contributed by atoms with E-state index in [0.29, 0.717) is 24.4 Å². The number of amides is 1. The van der Waals surface area contributed by atoms with Crippen LogP contribution in [-0.4, -0.2) is 41.7 Å². The first-order valence-electron chi connectivity index (χ1n) is 6.52. The van der Waals surface area contributed by atoms with Crippen molar-refractivity contribution in [2.45, 2.75) is 19.1 Å². The van der Waals surface area contributed by atoms with E-state index >= 15 is 0 Å². The molecule has 1 saturated heterocycles. The number of anilines is 1. The van der Waals surface area contributed by atoms with E-state index in [2.05, 4.69) is 0 Å². The molecular formula is C13H17N3O5. The van der Waals surface area contributed by atoms with Gasteiger partial charge < -0.3 is 20.5 Å². The van der Waals surface area contributed by atoms with E-state index in [1.165, 1.54) is 19.1 Å². The van der Waals surface area contributed by atoms with Crippen LogP contribution < -0.4 is 10.6 Å². The minimum absolute atomic E-state index is 0.102. The minimum atomic E-state index is -0.811. The SMILES string of the molecule is C[C@H](O)c1ccc(N2CCOCC2C(N)=O)c([N+](=O)[O-])c1. The van der Waals surface area contributed by atoms with Gasteiger partial charge in [0, 0.05) is 12.6 Å². The van der Waals surface area contributed by atoms with E-state index < -0.39 is 23.0 Å². The highest BCUT2D eigenvalue weighted by Crippen LogP contribution is 2.33. The maximum Gasteiger partial charge on any atom is 0.292 e. The van der Waals surface area contributed by atoms with Crippen LogP contribution in [0.25, 0.3) is 0 Å². The Morgan fingerprint density at radius 3 is 2.90 bits per heavy atom. The second-order valence-corrected chi connectivity index (χ2v) is 4.87. The van der Waals surface area contributed by atoms with E-state index in [9.17, 15) is 20.0 Å². The maximum atomic E-state index is 11.5. The lowest BCUT2D eigenvalue weighted by Crippen LogP contribution is -2.52. The fourth-order valence-electron chi connectivity index (χ4n) is 2.32. The number of ether oxygens (including phenoxy) is 1. The Kier molecular flexibility index (Phi) is 4.39. The van der Waals surface area contributed by atoms with Gasteiger partial charge in [-0.3, -0.25) is 14.9 Å². The van der Waals surface area contributed by atoms with Crippen LogP contribution in [0.1, 0.15) is 18.6 Å². The summed E-state index contributed by atoms with van der Waals surface area (Å²) in [5.74, 6) is -0.594. The molecule has 0 aromatic heterocycles. The second-order valence-electron chi connectivity index (χ2n) is 4.87. The zero-order chi connectivity index (χ0) is 15.6. The summed E-state index contributed by atoms with van der Waals surface area (Å²) in [6.07, 6.45) is -0.811. The van der Waals surface area contributed by atoms with Gasteiger partial charge in [-0.15, -0.1) is 0 Å². The predicted molar refractivity (Wildman–Crippen MR) is 74.9 cm³/mol. The summed E-state index contributed by atoms with van der Waals surface area (Å²) in [6.45, 7) is 2.33. The highest BCUT2D eigenvalue weighted by atomic mass is 16.6. The lowest BCUT2D eigenvalue weighted by atomic mass is 10.1. The predicted octanol–water partition coefficient (Wildman–Crippen LogP) is 0.339. The van der Waals surface area contributed by atoms with Gasteiger partial charge in [-0.25, -0.2) is 0 Å². The number of carbonyl (C=O) groups excluding carboxylic acids is 1. The Morgan fingerprint density at radius 2 is 2.33 bits per heavy atom. The Hall–Kier alpha value is -2.19. The minimum Gasteiger partial charge on any atom is -0.389 e. The Labute approximate surface area is 121 Å². The number of nitro groups is 1. The first-order valence-corrected chi connectivity index (χ1v) is 6.52. The van der Waals surface area contributed by atoms with Crippen LogP contribution in [-0.2, 0) is 9.53 Å². The van der Waals surface area contributed by atoms with Gasteiger partial charge in [0.15, 0.2) is 0 Å². The summed E-state index contributed by atoms with van der Waals surface area (Å²) in [4.78, 5) is 23.8. The fraction of sp³-hybridized carbons (Fsp3) is 0.462. The summed E-state index contributed by atoms with van der Waals surface area (Å²) >= 11 is 0. The van der Waals surface area contributed by atoms with E-state index in [4.69, 9.17) is 10.5 Å². The van der Waals surface area contributed by atoms with Crippen molar-refractivity contribution < 1.29 is 19.6 Å².